The average Bonchev–Trinajstić information content (AvgIpc) is 2.56. The number of ether oxygens (including phenoxy) is 1. The van der Waals surface area contributed by atoms with E-state index in [0.29, 0.717) is 6.61 Å². The van der Waals surface area contributed by atoms with E-state index >= 15 is 0 Å². The summed E-state index contributed by atoms with van der Waals surface area (Å²) >= 11 is 0. The molecule has 0 aromatic heterocycles. The molecule has 6 nitrogen and oxygen atoms in total. The first-order valence-corrected chi connectivity index (χ1v) is 5.23. The van der Waals surface area contributed by atoms with E-state index in [0.717, 1.165) is 19.4 Å². The zero-order valence-electron chi connectivity index (χ0n) is 8.53. The fourth-order valence-electron chi connectivity index (χ4n) is 2.35. The smallest absolute Gasteiger partial charge is 0.245 e. The van der Waals surface area contributed by atoms with Gasteiger partial charge in [-0.1, -0.05) is 0 Å². The van der Waals surface area contributed by atoms with Gasteiger partial charge in [0, 0.05) is 19.1 Å². The van der Waals surface area contributed by atoms with Crippen molar-refractivity contribution >= 4 is 5.91 Å². The lowest BCUT2D eigenvalue weighted by Gasteiger charge is -2.36. The van der Waals surface area contributed by atoms with Gasteiger partial charge >= 0.3 is 0 Å². The highest BCUT2D eigenvalue weighted by atomic mass is 16.5. The Bertz CT molecular complexity index is 255. The SMILES string of the molecule is NCC1(C2CCCOC2)NC(O)NC1=O. The lowest BCUT2D eigenvalue weighted by atomic mass is 9.80. The summed E-state index contributed by atoms with van der Waals surface area (Å²) in [6.45, 7) is 1.43. The van der Waals surface area contributed by atoms with Gasteiger partial charge in [-0.05, 0) is 12.8 Å². The molecule has 0 aromatic rings. The summed E-state index contributed by atoms with van der Waals surface area (Å²) in [6.07, 6.45) is 0.824. The number of amides is 1. The van der Waals surface area contributed by atoms with Crippen molar-refractivity contribution in [3.8, 4) is 0 Å². The standard InChI is InChI=1S/C9H17N3O3/c10-5-9(6-2-1-3-15-4-6)7(13)11-8(14)12-9/h6,8,12,14H,1-5,10H2,(H,11,13). The molecule has 5 N–H and O–H groups in total. The molecule has 2 aliphatic heterocycles. The van der Waals surface area contributed by atoms with Crippen LogP contribution in [0, 0.1) is 5.92 Å². The van der Waals surface area contributed by atoms with Crippen LogP contribution in [-0.2, 0) is 9.53 Å². The zero-order valence-corrected chi connectivity index (χ0v) is 8.53. The molecule has 1 amide bonds. The Morgan fingerprint density at radius 1 is 1.67 bits per heavy atom. The van der Waals surface area contributed by atoms with Gasteiger partial charge in [-0.3, -0.25) is 10.1 Å². The Morgan fingerprint density at radius 3 is 2.93 bits per heavy atom. The topological polar surface area (TPSA) is 96.6 Å². The molecule has 2 aliphatic rings. The van der Waals surface area contributed by atoms with Gasteiger partial charge in [0.15, 0.2) is 6.35 Å². The van der Waals surface area contributed by atoms with Crippen LogP contribution in [-0.4, -0.2) is 42.7 Å². The van der Waals surface area contributed by atoms with Crippen molar-refractivity contribution < 1.29 is 14.6 Å². The summed E-state index contributed by atoms with van der Waals surface area (Å²) in [5.74, 6) is -0.193. The molecule has 0 radical (unpaired) electrons. The number of carbonyl (C=O) groups is 1. The summed E-state index contributed by atoms with van der Waals surface area (Å²) in [7, 11) is 0. The van der Waals surface area contributed by atoms with Crippen molar-refractivity contribution in [1.82, 2.24) is 10.6 Å². The van der Waals surface area contributed by atoms with Crippen molar-refractivity contribution in [3.05, 3.63) is 0 Å². The minimum absolute atomic E-state index is 0.0356. The third-order valence-electron chi connectivity index (χ3n) is 3.25. The van der Waals surface area contributed by atoms with Crippen LogP contribution in [0.5, 0.6) is 0 Å². The van der Waals surface area contributed by atoms with Crippen LogP contribution in [0.25, 0.3) is 0 Å². The molecule has 2 rings (SSSR count). The van der Waals surface area contributed by atoms with Gasteiger partial charge in [-0.25, -0.2) is 0 Å². The van der Waals surface area contributed by atoms with Gasteiger partial charge < -0.3 is 20.9 Å². The second-order valence-corrected chi connectivity index (χ2v) is 4.11. The maximum atomic E-state index is 11.8. The number of aliphatic hydroxyl groups excluding tert-OH is 1. The number of rotatable bonds is 2. The molecular formula is C9H17N3O3. The number of aliphatic hydroxyl groups is 1. The lowest BCUT2D eigenvalue weighted by Crippen LogP contribution is -2.60. The Balaban J connectivity index is 2.16. The van der Waals surface area contributed by atoms with E-state index in [1.807, 2.05) is 0 Å². The predicted molar refractivity (Wildman–Crippen MR) is 52.6 cm³/mol. The summed E-state index contributed by atoms with van der Waals surface area (Å²) in [5, 5.41) is 14.6. The molecule has 2 fully saturated rings. The fraction of sp³-hybridized carbons (Fsp3) is 0.889. The van der Waals surface area contributed by atoms with Gasteiger partial charge in [0.05, 0.1) is 6.61 Å². The van der Waals surface area contributed by atoms with Gasteiger partial charge in [-0.2, -0.15) is 0 Å². The molecule has 3 unspecified atom stereocenters. The van der Waals surface area contributed by atoms with E-state index in [9.17, 15) is 9.90 Å². The minimum Gasteiger partial charge on any atom is -0.381 e. The average molecular weight is 215 g/mol. The second kappa shape index (κ2) is 4.05. The molecule has 2 heterocycles. The first-order valence-electron chi connectivity index (χ1n) is 5.23. The molecule has 0 bridgehead atoms. The molecule has 0 aliphatic carbocycles. The second-order valence-electron chi connectivity index (χ2n) is 4.11. The molecular weight excluding hydrogens is 198 g/mol. The fourth-order valence-corrected chi connectivity index (χ4v) is 2.35. The van der Waals surface area contributed by atoms with Gasteiger partial charge in [0.25, 0.3) is 0 Å². The maximum absolute atomic E-state index is 11.8. The molecule has 2 saturated heterocycles. The first kappa shape index (κ1) is 10.8. The van der Waals surface area contributed by atoms with Gasteiger partial charge in [0.2, 0.25) is 5.91 Å². The van der Waals surface area contributed by atoms with Crippen LogP contribution in [0.2, 0.25) is 0 Å². The van der Waals surface area contributed by atoms with Crippen molar-refractivity contribution in [1.29, 1.82) is 0 Å². The summed E-state index contributed by atoms with van der Waals surface area (Å²) in [4.78, 5) is 11.8. The maximum Gasteiger partial charge on any atom is 0.245 e. The van der Waals surface area contributed by atoms with Crippen molar-refractivity contribution in [2.45, 2.75) is 24.7 Å². The Labute approximate surface area is 88.2 Å². The first-order chi connectivity index (χ1) is 7.19. The van der Waals surface area contributed by atoms with E-state index in [2.05, 4.69) is 10.6 Å². The number of hydrogen-bond donors (Lipinski definition) is 4. The number of nitrogens with one attached hydrogen (secondary N) is 2. The molecule has 0 aromatic carbocycles. The third kappa shape index (κ3) is 1.74. The molecule has 3 atom stereocenters. The van der Waals surface area contributed by atoms with Crippen LogP contribution in [0.4, 0.5) is 0 Å². The molecule has 15 heavy (non-hydrogen) atoms. The van der Waals surface area contributed by atoms with Crippen LogP contribution < -0.4 is 16.4 Å². The monoisotopic (exact) mass is 215 g/mol. The van der Waals surface area contributed by atoms with Crippen molar-refractivity contribution in [2.75, 3.05) is 19.8 Å². The predicted octanol–water partition coefficient (Wildman–Crippen LogP) is -1.89. The van der Waals surface area contributed by atoms with Crippen LogP contribution in [0.15, 0.2) is 0 Å². The van der Waals surface area contributed by atoms with Crippen LogP contribution >= 0.6 is 0 Å². The largest absolute Gasteiger partial charge is 0.381 e. The van der Waals surface area contributed by atoms with E-state index in [-0.39, 0.29) is 18.4 Å². The van der Waals surface area contributed by atoms with Crippen LogP contribution in [0.1, 0.15) is 12.8 Å². The van der Waals surface area contributed by atoms with Crippen molar-refractivity contribution in [2.24, 2.45) is 11.7 Å². The molecule has 0 saturated carbocycles. The van der Waals surface area contributed by atoms with E-state index in [1.165, 1.54) is 0 Å². The summed E-state index contributed by atoms with van der Waals surface area (Å²) in [6, 6.07) is 0. The van der Waals surface area contributed by atoms with Crippen molar-refractivity contribution in [3.63, 3.8) is 0 Å². The Morgan fingerprint density at radius 2 is 2.47 bits per heavy atom. The minimum atomic E-state index is -0.997. The van der Waals surface area contributed by atoms with Gasteiger partial charge in [0.1, 0.15) is 5.54 Å². The highest BCUT2D eigenvalue weighted by Crippen LogP contribution is 2.28. The summed E-state index contributed by atoms with van der Waals surface area (Å²) in [5.41, 5.74) is 4.80. The number of carbonyl (C=O) groups excluding carboxylic acids is 1. The number of hydrogen-bond acceptors (Lipinski definition) is 5. The Kier molecular flexibility index (Phi) is 2.92. The van der Waals surface area contributed by atoms with E-state index in [4.69, 9.17) is 10.5 Å². The highest BCUT2D eigenvalue weighted by molar-refractivity contribution is 5.89. The lowest BCUT2D eigenvalue weighted by molar-refractivity contribution is -0.128. The molecule has 86 valence electrons. The number of nitrogens with two attached hydrogens (primary N) is 1. The normalized spacial score (nSPS) is 41.6. The summed E-state index contributed by atoms with van der Waals surface area (Å²) < 4.78 is 5.35. The molecule has 6 heteroatoms. The van der Waals surface area contributed by atoms with Crippen LogP contribution in [0.3, 0.4) is 0 Å². The highest BCUT2D eigenvalue weighted by Gasteiger charge is 2.50. The quantitative estimate of drug-likeness (QED) is 0.432. The van der Waals surface area contributed by atoms with E-state index in [1.54, 1.807) is 0 Å². The molecule has 0 spiro atoms. The third-order valence-corrected chi connectivity index (χ3v) is 3.25. The Hall–Kier alpha value is -0.690. The van der Waals surface area contributed by atoms with Gasteiger partial charge in [-0.15, -0.1) is 0 Å². The van der Waals surface area contributed by atoms with E-state index < -0.39 is 11.9 Å². The zero-order chi connectivity index (χ0) is 10.9.